The number of carbonyl (C=O) groups is 1. The Morgan fingerprint density at radius 3 is 2.55 bits per heavy atom. The molecule has 4 nitrogen and oxygen atoms in total. The second kappa shape index (κ2) is 7.61. The molecule has 2 aromatic rings. The molecule has 0 aliphatic carbocycles. The minimum Gasteiger partial charge on any atom is -0.457 e. The molecule has 0 unspecified atom stereocenters. The standard InChI is InChI=1S/C18H21NO3/c1-13-7-8-17(11-14(13)2)22-16-6-4-5-15(12-16)18(20)19-9-10-21-3/h4-8,11-12H,9-10H2,1-3H3,(H,19,20). The SMILES string of the molecule is COCCNC(=O)c1cccc(Oc2ccc(C)c(C)c2)c1. The van der Waals surface area contributed by atoms with Crippen LogP contribution in [0.4, 0.5) is 0 Å². The highest BCUT2D eigenvalue weighted by atomic mass is 16.5. The molecular formula is C18H21NO3. The van der Waals surface area contributed by atoms with Gasteiger partial charge in [-0.2, -0.15) is 0 Å². The molecule has 0 spiro atoms. The molecule has 0 atom stereocenters. The summed E-state index contributed by atoms with van der Waals surface area (Å²) in [6.07, 6.45) is 0. The van der Waals surface area contributed by atoms with Crippen LogP contribution in [0.25, 0.3) is 0 Å². The summed E-state index contributed by atoms with van der Waals surface area (Å²) in [7, 11) is 1.60. The second-order valence-electron chi connectivity index (χ2n) is 5.12. The van der Waals surface area contributed by atoms with Gasteiger partial charge in [-0.1, -0.05) is 12.1 Å². The van der Waals surface area contributed by atoms with Crippen LogP contribution >= 0.6 is 0 Å². The molecule has 0 saturated heterocycles. The monoisotopic (exact) mass is 299 g/mol. The molecule has 4 heteroatoms. The highest BCUT2D eigenvalue weighted by Crippen LogP contribution is 2.24. The van der Waals surface area contributed by atoms with Crippen molar-refractivity contribution in [3.8, 4) is 11.5 Å². The Bertz CT molecular complexity index is 653. The van der Waals surface area contributed by atoms with Gasteiger partial charge in [0.1, 0.15) is 11.5 Å². The molecule has 0 bridgehead atoms. The molecule has 0 aromatic heterocycles. The van der Waals surface area contributed by atoms with E-state index in [-0.39, 0.29) is 5.91 Å². The van der Waals surface area contributed by atoms with E-state index in [0.29, 0.717) is 24.5 Å². The number of aryl methyl sites for hydroxylation is 2. The summed E-state index contributed by atoms with van der Waals surface area (Å²) in [4.78, 5) is 12.0. The number of benzene rings is 2. The first-order chi connectivity index (χ1) is 10.6. The number of carbonyl (C=O) groups excluding carboxylic acids is 1. The van der Waals surface area contributed by atoms with Gasteiger partial charge in [0.2, 0.25) is 0 Å². The van der Waals surface area contributed by atoms with Crippen molar-refractivity contribution < 1.29 is 14.3 Å². The summed E-state index contributed by atoms with van der Waals surface area (Å²) in [5.41, 5.74) is 2.96. The molecule has 2 rings (SSSR count). The third-order valence-electron chi connectivity index (χ3n) is 3.40. The zero-order chi connectivity index (χ0) is 15.9. The molecule has 22 heavy (non-hydrogen) atoms. The number of amides is 1. The molecule has 1 amide bonds. The Kier molecular flexibility index (Phi) is 5.55. The van der Waals surface area contributed by atoms with Crippen LogP contribution < -0.4 is 10.1 Å². The van der Waals surface area contributed by atoms with Crippen LogP contribution in [0.1, 0.15) is 21.5 Å². The van der Waals surface area contributed by atoms with Crippen molar-refractivity contribution in [3.05, 3.63) is 59.2 Å². The van der Waals surface area contributed by atoms with Gasteiger partial charge in [0, 0.05) is 19.2 Å². The second-order valence-corrected chi connectivity index (χ2v) is 5.12. The van der Waals surface area contributed by atoms with Gasteiger partial charge < -0.3 is 14.8 Å². The van der Waals surface area contributed by atoms with E-state index in [1.807, 2.05) is 37.3 Å². The third kappa shape index (κ3) is 4.33. The van der Waals surface area contributed by atoms with E-state index in [9.17, 15) is 4.79 Å². The smallest absolute Gasteiger partial charge is 0.251 e. The van der Waals surface area contributed by atoms with Gasteiger partial charge in [0.25, 0.3) is 5.91 Å². The van der Waals surface area contributed by atoms with E-state index < -0.39 is 0 Å². The molecule has 1 N–H and O–H groups in total. The van der Waals surface area contributed by atoms with E-state index in [1.165, 1.54) is 11.1 Å². The fraction of sp³-hybridized carbons (Fsp3) is 0.278. The first-order valence-electron chi connectivity index (χ1n) is 7.22. The van der Waals surface area contributed by atoms with E-state index in [4.69, 9.17) is 9.47 Å². The number of nitrogens with one attached hydrogen (secondary N) is 1. The number of methoxy groups -OCH3 is 1. The zero-order valence-electron chi connectivity index (χ0n) is 13.2. The fourth-order valence-electron chi connectivity index (χ4n) is 1.98. The molecular weight excluding hydrogens is 278 g/mol. The van der Waals surface area contributed by atoms with Gasteiger partial charge in [-0.25, -0.2) is 0 Å². The molecule has 0 heterocycles. The van der Waals surface area contributed by atoms with Crippen LogP contribution in [0.15, 0.2) is 42.5 Å². The maximum atomic E-state index is 12.0. The highest BCUT2D eigenvalue weighted by molar-refractivity contribution is 5.94. The van der Waals surface area contributed by atoms with Crippen LogP contribution in [0, 0.1) is 13.8 Å². The lowest BCUT2D eigenvalue weighted by atomic mass is 10.1. The van der Waals surface area contributed by atoms with Crippen LogP contribution in [0.2, 0.25) is 0 Å². The van der Waals surface area contributed by atoms with Crippen molar-refractivity contribution in [2.24, 2.45) is 0 Å². The predicted molar refractivity (Wildman–Crippen MR) is 86.6 cm³/mol. The molecule has 0 radical (unpaired) electrons. The van der Waals surface area contributed by atoms with Gasteiger partial charge in [-0.15, -0.1) is 0 Å². The summed E-state index contributed by atoms with van der Waals surface area (Å²) < 4.78 is 10.7. The van der Waals surface area contributed by atoms with Gasteiger partial charge in [0.05, 0.1) is 6.61 Å². The van der Waals surface area contributed by atoms with Crippen LogP contribution in [0.5, 0.6) is 11.5 Å². The lowest BCUT2D eigenvalue weighted by molar-refractivity contribution is 0.0937. The van der Waals surface area contributed by atoms with Crippen molar-refractivity contribution in [1.82, 2.24) is 5.32 Å². The summed E-state index contributed by atoms with van der Waals surface area (Å²) in [6, 6.07) is 13.1. The average Bonchev–Trinajstić information content (AvgIpc) is 2.51. The number of hydrogen-bond donors (Lipinski definition) is 1. The summed E-state index contributed by atoms with van der Waals surface area (Å²) in [6.45, 7) is 5.08. The van der Waals surface area contributed by atoms with Gasteiger partial charge in [-0.3, -0.25) is 4.79 Å². The van der Waals surface area contributed by atoms with Crippen LogP contribution in [0.3, 0.4) is 0 Å². The van der Waals surface area contributed by atoms with E-state index in [2.05, 4.69) is 12.2 Å². The minimum absolute atomic E-state index is 0.136. The van der Waals surface area contributed by atoms with Crippen molar-refractivity contribution in [1.29, 1.82) is 0 Å². The maximum absolute atomic E-state index is 12.0. The van der Waals surface area contributed by atoms with Crippen molar-refractivity contribution >= 4 is 5.91 Å². The van der Waals surface area contributed by atoms with E-state index >= 15 is 0 Å². The van der Waals surface area contributed by atoms with Gasteiger partial charge in [-0.05, 0) is 55.3 Å². The summed E-state index contributed by atoms with van der Waals surface area (Å²) >= 11 is 0. The lowest BCUT2D eigenvalue weighted by Gasteiger charge is -2.09. The molecule has 0 fully saturated rings. The topological polar surface area (TPSA) is 47.6 Å². The van der Waals surface area contributed by atoms with Crippen molar-refractivity contribution in [2.75, 3.05) is 20.3 Å². The summed E-state index contributed by atoms with van der Waals surface area (Å²) in [5, 5.41) is 2.79. The Balaban J connectivity index is 2.07. The largest absolute Gasteiger partial charge is 0.457 e. The summed E-state index contributed by atoms with van der Waals surface area (Å²) in [5.74, 6) is 1.27. The van der Waals surface area contributed by atoms with Crippen LogP contribution in [-0.2, 0) is 4.74 Å². The Hall–Kier alpha value is -2.33. The Labute approximate surface area is 131 Å². The minimum atomic E-state index is -0.136. The quantitative estimate of drug-likeness (QED) is 0.831. The lowest BCUT2D eigenvalue weighted by Crippen LogP contribution is -2.26. The molecule has 116 valence electrons. The van der Waals surface area contributed by atoms with Gasteiger partial charge in [0.15, 0.2) is 0 Å². The first kappa shape index (κ1) is 16.0. The normalized spacial score (nSPS) is 10.3. The highest BCUT2D eigenvalue weighted by Gasteiger charge is 2.07. The molecule has 0 saturated carbocycles. The van der Waals surface area contributed by atoms with Crippen LogP contribution in [-0.4, -0.2) is 26.2 Å². The molecule has 0 aliphatic rings. The molecule has 0 aliphatic heterocycles. The third-order valence-corrected chi connectivity index (χ3v) is 3.40. The fourth-order valence-corrected chi connectivity index (χ4v) is 1.98. The van der Waals surface area contributed by atoms with E-state index in [1.54, 1.807) is 19.2 Å². The number of rotatable bonds is 6. The van der Waals surface area contributed by atoms with Crippen molar-refractivity contribution in [2.45, 2.75) is 13.8 Å². The van der Waals surface area contributed by atoms with Crippen molar-refractivity contribution in [3.63, 3.8) is 0 Å². The Morgan fingerprint density at radius 2 is 1.82 bits per heavy atom. The Morgan fingerprint density at radius 1 is 1.05 bits per heavy atom. The maximum Gasteiger partial charge on any atom is 0.251 e. The number of ether oxygens (including phenoxy) is 2. The van der Waals surface area contributed by atoms with E-state index in [0.717, 1.165) is 5.75 Å². The average molecular weight is 299 g/mol. The predicted octanol–water partition coefficient (Wildman–Crippen LogP) is 3.47. The first-order valence-corrected chi connectivity index (χ1v) is 7.22. The zero-order valence-corrected chi connectivity index (χ0v) is 13.2. The van der Waals surface area contributed by atoms with Gasteiger partial charge >= 0.3 is 0 Å². The number of hydrogen-bond acceptors (Lipinski definition) is 3. The molecule has 2 aromatic carbocycles.